The number of carbonyl (C=O) groups excluding carboxylic acids is 2. The fourth-order valence-corrected chi connectivity index (χ4v) is 6.77. The van der Waals surface area contributed by atoms with E-state index < -0.39 is 23.2 Å². The molecule has 8 nitrogen and oxygen atoms in total. The van der Waals surface area contributed by atoms with Crippen LogP contribution in [0.1, 0.15) is 56.1 Å². The molecule has 1 aromatic carbocycles. The Morgan fingerprint density at radius 2 is 2.11 bits per heavy atom. The highest BCUT2D eigenvalue weighted by atomic mass is 16.5. The summed E-state index contributed by atoms with van der Waals surface area (Å²) in [6, 6.07) is 10.0. The van der Waals surface area contributed by atoms with Crippen molar-refractivity contribution in [2.24, 2.45) is 5.92 Å². The summed E-state index contributed by atoms with van der Waals surface area (Å²) in [5, 5.41) is 25.2. The number of methoxy groups -OCH3 is 1. The number of hydrogen-bond acceptors (Lipinski definition) is 6. The van der Waals surface area contributed by atoms with Crippen molar-refractivity contribution >= 4 is 12.0 Å². The molecule has 0 bridgehead atoms. The fraction of sp³-hybridized carbons (Fsp3) is 0.536. The molecular formula is C28H35N3O5. The lowest BCUT2D eigenvalue weighted by Crippen LogP contribution is -2.66. The number of hydrogen-bond donors (Lipinski definition) is 3. The van der Waals surface area contributed by atoms with Crippen molar-refractivity contribution in [1.29, 1.82) is 0 Å². The van der Waals surface area contributed by atoms with E-state index in [0.717, 1.165) is 35.1 Å². The van der Waals surface area contributed by atoms with Crippen LogP contribution >= 0.6 is 0 Å². The molecule has 0 unspecified atom stereocenters. The van der Waals surface area contributed by atoms with E-state index in [1.807, 2.05) is 35.4 Å². The van der Waals surface area contributed by atoms with Gasteiger partial charge in [0.1, 0.15) is 5.60 Å². The molecule has 1 aliphatic heterocycles. The lowest BCUT2D eigenvalue weighted by molar-refractivity contribution is -0.149. The second kappa shape index (κ2) is 9.82. The Bertz CT molecular complexity index is 1130. The number of pyridine rings is 1. The van der Waals surface area contributed by atoms with Gasteiger partial charge in [0.2, 0.25) is 5.91 Å². The molecule has 1 spiro atoms. The maximum atomic E-state index is 13.4. The lowest BCUT2D eigenvalue weighted by Gasteiger charge is -2.62. The number of fused-ring (bicyclic) bond motifs is 2. The number of aliphatic hydroxyl groups is 2. The molecule has 2 heterocycles. The highest BCUT2D eigenvalue weighted by Crippen LogP contribution is 2.63. The fourth-order valence-electron chi connectivity index (χ4n) is 6.77. The maximum absolute atomic E-state index is 13.4. The zero-order chi connectivity index (χ0) is 25.3. The Morgan fingerprint density at radius 1 is 1.25 bits per heavy atom. The molecule has 192 valence electrons. The average Bonchev–Trinajstić information content (AvgIpc) is 3.36. The molecule has 5 rings (SSSR count). The SMILES string of the molecule is COC(=O)NCCC[C@@]1(O)c2c(-c3cccnc3)cccc2[C@]12CCCN(C(=O)[C@H]1CC[C@@H](O)C1)C2. The zero-order valence-electron chi connectivity index (χ0n) is 20.8. The molecule has 3 aliphatic rings. The maximum Gasteiger partial charge on any atom is 0.406 e. The standard InChI is InChI=1S/C28H35N3O5/c1-36-26(34)30-14-4-12-28(35)24-22(20-6-3-13-29-17-20)7-2-8-23(24)27(28)11-5-15-31(18-27)25(33)19-9-10-21(32)16-19/h2-3,6-8,13,17,19,21,32,35H,4-5,9-12,14-16,18H2,1H3,(H,30,34)/t19-,21+,27+,28+/m0/s1. The number of aliphatic hydroxyl groups excluding tert-OH is 1. The number of piperidine rings is 1. The summed E-state index contributed by atoms with van der Waals surface area (Å²) in [5.41, 5.74) is 2.17. The normalized spacial score (nSPS) is 28.9. The van der Waals surface area contributed by atoms with Crippen molar-refractivity contribution in [2.45, 2.75) is 62.1 Å². The predicted octanol–water partition coefficient (Wildman–Crippen LogP) is 3.11. The minimum Gasteiger partial charge on any atom is -0.453 e. The van der Waals surface area contributed by atoms with Crippen LogP contribution < -0.4 is 5.32 Å². The average molecular weight is 494 g/mol. The third kappa shape index (κ3) is 4.06. The summed E-state index contributed by atoms with van der Waals surface area (Å²) in [6.45, 7) is 1.52. The van der Waals surface area contributed by atoms with Crippen molar-refractivity contribution in [2.75, 3.05) is 26.7 Å². The number of alkyl carbamates (subject to hydrolysis) is 1. The van der Waals surface area contributed by atoms with Gasteiger partial charge in [0.05, 0.1) is 13.2 Å². The van der Waals surface area contributed by atoms with E-state index >= 15 is 0 Å². The first-order chi connectivity index (χ1) is 17.4. The number of amides is 2. The van der Waals surface area contributed by atoms with Gasteiger partial charge in [-0.2, -0.15) is 0 Å². The Balaban J connectivity index is 1.48. The monoisotopic (exact) mass is 493 g/mol. The summed E-state index contributed by atoms with van der Waals surface area (Å²) >= 11 is 0. The van der Waals surface area contributed by atoms with E-state index in [4.69, 9.17) is 0 Å². The molecule has 36 heavy (non-hydrogen) atoms. The molecule has 2 aliphatic carbocycles. The van der Waals surface area contributed by atoms with Crippen LogP contribution in [0, 0.1) is 5.92 Å². The van der Waals surface area contributed by atoms with Crippen LogP contribution in [0.3, 0.4) is 0 Å². The summed E-state index contributed by atoms with van der Waals surface area (Å²) in [6.07, 6.45) is 7.17. The summed E-state index contributed by atoms with van der Waals surface area (Å²) in [4.78, 5) is 31.2. The van der Waals surface area contributed by atoms with E-state index in [0.29, 0.717) is 51.7 Å². The molecule has 1 saturated carbocycles. The second-order valence-electron chi connectivity index (χ2n) is 10.5. The van der Waals surface area contributed by atoms with Gasteiger partial charge in [-0.3, -0.25) is 9.78 Å². The molecule has 3 N–H and O–H groups in total. The van der Waals surface area contributed by atoms with Crippen LogP contribution in [0.15, 0.2) is 42.7 Å². The van der Waals surface area contributed by atoms with Gasteiger partial charge in [-0.25, -0.2) is 4.79 Å². The Labute approximate surface area is 211 Å². The highest BCUT2D eigenvalue weighted by Gasteiger charge is 2.64. The van der Waals surface area contributed by atoms with Crippen molar-refractivity contribution in [3.8, 4) is 11.1 Å². The van der Waals surface area contributed by atoms with E-state index in [1.54, 1.807) is 6.20 Å². The van der Waals surface area contributed by atoms with Gasteiger partial charge < -0.3 is 25.2 Å². The highest BCUT2D eigenvalue weighted by molar-refractivity contribution is 5.80. The number of likely N-dealkylation sites (tertiary alicyclic amines) is 1. The number of aromatic nitrogens is 1. The van der Waals surface area contributed by atoms with Gasteiger partial charge in [-0.05, 0) is 67.7 Å². The third-order valence-electron chi connectivity index (χ3n) is 8.49. The zero-order valence-corrected chi connectivity index (χ0v) is 20.8. The molecule has 0 radical (unpaired) electrons. The van der Waals surface area contributed by atoms with Gasteiger partial charge in [-0.15, -0.1) is 0 Å². The summed E-state index contributed by atoms with van der Waals surface area (Å²) in [7, 11) is 1.33. The second-order valence-corrected chi connectivity index (χ2v) is 10.5. The van der Waals surface area contributed by atoms with Crippen molar-refractivity contribution in [3.63, 3.8) is 0 Å². The van der Waals surface area contributed by atoms with Crippen LogP contribution in [0.2, 0.25) is 0 Å². The Morgan fingerprint density at radius 3 is 2.83 bits per heavy atom. The van der Waals surface area contributed by atoms with Crippen LogP contribution in [-0.2, 0) is 20.5 Å². The first kappa shape index (κ1) is 24.7. The quantitative estimate of drug-likeness (QED) is 0.533. The molecule has 2 amide bonds. The lowest BCUT2D eigenvalue weighted by atomic mass is 9.48. The summed E-state index contributed by atoms with van der Waals surface area (Å²) in [5.74, 6) is -0.0500. The van der Waals surface area contributed by atoms with E-state index in [-0.39, 0.29) is 11.8 Å². The van der Waals surface area contributed by atoms with Gasteiger partial charge in [0, 0.05) is 48.9 Å². The first-order valence-corrected chi connectivity index (χ1v) is 12.9. The molecule has 2 aromatic rings. The predicted molar refractivity (Wildman–Crippen MR) is 134 cm³/mol. The summed E-state index contributed by atoms with van der Waals surface area (Å²) < 4.78 is 4.68. The minimum atomic E-state index is -1.15. The molecule has 1 saturated heterocycles. The van der Waals surface area contributed by atoms with Crippen LogP contribution in [0.25, 0.3) is 11.1 Å². The number of rotatable bonds is 6. The Kier molecular flexibility index (Phi) is 6.74. The first-order valence-electron chi connectivity index (χ1n) is 12.9. The van der Waals surface area contributed by atoms with E-state index in [2.05, 4.69) is 21.1 Å². The Hall–Kier alpha value is -2.97. The van der Waals surface area contributed by atoms with Gasteiger partial charge >= 0.3 is 6.09 Å². The smallest absolute Gasteiger partial charge is 0.406 e. The molecule has 8 heteroatoms. The number of benzene rings is 1. The minimum absolute atomic E-state index is 0.0946. The van der Waals surface area contributed by atoms with Crippen LogP contribution in [-0.4, -0.2) is 64.9 Å². The van der Waals surface area contributed by atoms with E-state index in [9.17, 15) is 19.8 Å². The number of ether oxygens (including phenoxy) is 1. The van der Waals surface area contributed by atoms with Crippen LogP contribution in [0.5, 0.6) is 0 Å². The van der Waals surface area contributed by atoms with Crippen molar-refractivity contribution in [3.05, 3.63) is 53.9 Å². The largest absolute Gasteiger partial charge is 0.453 e. The van der Waals surface area contributed by atoms with Crippen molar-refractivity contribution < 1.29 is 24.5 Å². The van der Waals surface area contributed by atoms with Gasteiger partial charge in [0.15, 0.2) is 0 Å². The van der Waals surface area contributed by atoms with Crippen LogP contribution in [0.4, 0.5) is 4.79 Å². The molecule has 4 atom stereocenters. The van der Waals surface area contributed by atoms with Gasteiger partial charge in [-0.1, -0.05) is 24.3 Å². The number of nitrogens with zero attached hydrogens (tertiary/aromatic N) is 2. The number of carbonyl (C=O) groups is 2. The number of nitrogens with one attached hydrogen (secondary N) is 1. The molecular weight excluding hydrogens is 458 g/mol. The topological polar surface area (TPSA) is 112 Å². The molecule has 2 fully saturated rings. The van der Waals surface area contributed by atoms with E-state index in [1.165, 1.54) is 7.11 Å². The van der Waals surface area contributed by atoms with Gasteiger partial charge in [0.25, 0.3) is 0 Å². The molecule has 1 aromatic heterocycles. The van der Waals surface area contributed by atoms with Crippen molar-refractivity contribution in [1.82, 2.24) is 15.2 Å². The third-order valence-corrected chi connectivity index (χ3v) is 8.49.